The molecule has 20 rings (SSSR count). The van der Waals surface area contributed by atoms with E-state index in [1.54, 1.807) is 0 Å². The van der Waals surface area contributed by atoms with Crippen molar-refractivity contribution in [1.29, 1.82) is 0 Å². The van der Waals surface area contributed by atoms with Crippen molar-refractivity contribution in [3.05, 3.63) is 340 Å². The molecule has 0 aliphatic carbocycles. The second-order valence-corrected chi connectivity index (χ2v) is 26.6. The zero-order valence-corrected chi connectivity index (χ0v) is 53.7. The molecule has 0 aliphatic heterocycles. The highest BCUT2D eigenvalue weighted by molar-refractivity contribution is 7.25. The fourth-order valence-corrected chi connectivity index (χ4v) is 16.3. The maximum absolute atomic E-state index is 6.80. The molecule has 0 atom stereocenters. The molecule has 0 unspecified atom stereocenters. The van der Waals surface area contributed by atoms with E-state index in [0.29, 0.717) is 0 Å². The highest BCUT2D eigenvalue weighted by Crippen LogP contribution is 2.48. The van der Waals surface area contributed by atoms with E-state index in [9.17, 15) is 0 Å². The number of nitrogens with zero attached hydrogens (tertiary/aromatic N) is 2. The molecule has 0 N–H and O–H groups in total. The van der Waals surface area contributed by atoms with E-state index >= 15 is 0 Å². The van der Waals surface area contributed by atoms with Crippen molar-refractivity contribution in [2.75, 3.05) is 9.80 Å². The summed E-state index contributed by atoms with van der Waals surface area (Å²) in [6, 6.07) is 123. The van der Waals surface area contributed by atoms with Crippen LogP contribution in [0.15, 0.2) is 353 Å². The molecule has 0 aliphatic rings. The molecule has 0 radical (unpaired) electrons. The highest BCUT2D eigenvalue weighted by atomic mass is 32.1. The number of rotatable bonds is 11. The Hall–Kier alpha value is -12.7. The van der Waals surface area contributed by atoms with Gasteiger partial charge in [0.25, 0.3) is 0 Å². The predicted molar refractivity (Wildman–Crippen MR) is 413 cm³/mol. The van der Waals surface area contributed by atoms with Gasteiger partial charge in [-0.1, -0.05) is 218 Å². The van der Waals surface area contributed by atoms with Gasteiger partial charge in [0.1, 0.15) is 33.5 Å². The zero-order chi connectivity index (χ0) is 64.4. The lowest BCUT2D eigenvalue weighted by atomic mass is 9.97. The molecule has 5 nitrogen and oxygen atoms in total. The summed E-state index contributed by atoms with van der Waals surface area (Å²) in [5.41, 5.74) is 22.8. The molecule has 20 aromatic rings. The Morgan fingerprint density at radius 3 is 1.22 bits per heavy atom. The van der Waals surface area contributed by atoms with E-state index in [4.69, 9.17) is 13.3 Å². The van der Waals surface area contributed by atoms with Gasteiger partial charge in [0, 0.05) is 103 Å². The van der Waals surface area contributed by atoms with Gasteiger partial charge in [-0.25, -0.2) is 0 Å². The molecule has 4 heterocycles. The van der Waals surface area contributed by atoms with E-state index in [0.717, 1.165) is 166 Å². The molecule has 458 valence electrons. The van der Waals surface area contributed by atoms with Crippen LogP contribution in [0.2, 0.25) is 0 Å². The van der Waals surface area contributed by atoms with E-state index in [1.165, 1.54) is 31.1 Å². The molecule has 4 aromatic heterocycles. The molecule has 0 amide bonds. The molecule has 16 aromatic carbocycles. The molecule has 0 saturated carbocycles. The van der Waals surface area contributed by atoms with Gasteiger partial charge in [-0.2, -0.15) is 0 Å². The number of benzene rings is 16. The Kier molecular flexibility index (Phi) is 12.8. The maximum atomic E-state index is 6.80. The van der Waals surface area contributed by atoms with Gasteiger partial charge in [-0.15, -0.1) is 11.3 Å². The van der Waals surface area contributed by atoms with Crippen LogP contribution in [0.25, 0.3) is 163 Å². The smallest absolute Gasteiger partial charge is 0.143 e. The standard InChI is InChI=1S/C92H56N2O3S/c1-2-14-57(15-3-1)59-34-41-67(42-35-59)93(69-20-10-18-65(52-69)73-25-12-27-84-89(73)80-47-38-62-16-4-6-22-75(62)91(80)96-84)71-45-49-77-82-54-64(40-51-83(82)95-86(77)55-71)61-32-30-58(31-33-61)60-36-43-68(44-37-60)94(72-46-50-79-78-24-8-9-29-87(78)98-88(79)56-72)70-21-11-19-66(53-70)74-26-13-28-85-90(74)81-48-39-63-17-5-7-23-76(63)92(81)97-85/h1-56H. The summed E-state index contributed by atoms with van der Waals surface area (Å²) in [5, 5.41) is 13.7. The Labute approximate surface area is 567 Å². The second-order valence-electron chi connectivity index (χ2n) is 25.5. The maximum Gasteiger partial charge on any atom is 0.143 e. The molecule has 6 heteroatoms. The van der Waals surface area contributed by atoms with Crippen LogP contribution in [-0.2, 0) is 0 Å². The summed E-state index contributed by atoms with van der Waals surface area (Å²) in [7, 11) is 0. The van der Waals surface area contributed by atoms with Gasteiger partial charge in [0.15, 0.2) is 0 Å². The Balaban J connectivity index is 0.625. The highest BCUT2D eigenvalue weighted by Gasteiger charge is 2.23. The normalized spacial score (nSPS) is 11.9. The van der Waals surface area contributed by atoms with Crippen molar-refractivity contribution < 1.29 is 13.3 Å². The summed E-state index contributed by atoms with van der Waals surface area (Å²) < 4.78 is 22.7. The van der Waals surface area contributed by atoms with Crippen LogP contribution in [0.5, 0.6) is 0 Å². The Morgan fingerprint density at radius 2 is 0.633 bits per heavy atom. The van der Waals surface area contributed by atoms with Crippen LogP contribution in [-0.4, -0.2) is 0 Å². The lowest BCUT2D eigenvalue weighted by molar-refractivity contribution is 0.669. The molecule has 0 spiro atoms. The molecule has 0 fully saturated rings. The van der Waals surface area contributed by atoms with Crippen molar-refractivity contribution in [2.24, 2.45) is 0 Å². The first-order valence-electron chi connectivity index (χ1n) is 33.2. The zero-order valence-electron chi connectivity index (χ0n) is 52.9. The fourth-order valence-electron chi connectivity index (χ4n) is 15.1. The Morgan fingerprint density at radius 1 is 0.204 bits per heavy atom. The van der Waals surface area contributed by atoms with Gasteiger partial charge in [0.05, 0.1) is 0 Å². The number of hydrogen-bond acceptors (Lipinski definition) is 6. The fraction of sp³-hybridized carbons (Fsp3) is 0. The molecule has 0 bridgehead atoms. The first-order valence-corrected chi connectivity index (χ1v) is 34.1. The van der Waals surface area contributed by atoms with E-state index < -0.39 is 0 Å². The minimum Gasteiger partial charge on any atom is -0.456 e. The third kappa shape index (κ3) is 9.22. The summed E-state index contributed by atoms with van der Waals surface area (Å²) in [5.74, 6) is 0. The van der Waals surface area contributed by atoms with Crippen molar-refractivity contribution in [2.45, 2.75) is 0 Å². The van der Waals surface area contributed by atoms with Gasteiger partial charge in [-0.3, -0.25) is 0 Å². The largest absolute Gasteiger partial charge is 0.456 e. The van der Waals surface area contributed by atoms with Gasteiger partial charge in [-0.05, 0) is 182 Å². The van der Waals surface area contributed by atoms with Crippen molar-refractivity contribution >= 4 is 153 Å². The van der Waals surface area contributed by atoms with Crippen LogP contribution in [0.3, 0.4) is 0 Å². The lowest BCUT2D eigenvalue weighted by Gasteiger charge is -2.26. The van der Waals surface area contributed by atoms with Crippen LogP contribution in [0, 0.1) is 0 Å². The van der Waals surface area contributed by atoms with Crippen LogP contribution < -0.4 is 9.80 Å². The SMILES string of the molecule is c1ccc(-c2ccc(N(c3cccc(-c4cccc5oc6c7ccccc7ccc6c45)c3)c3ccc4c(c3)oc3ccc(-c5ccc(-c6ccc(N(c7cccc(-c8cccc9oc%10c%11ccccc%11ccc%10c89)c7)c7ccc8c(c7)sc7ccccc78)cc6)cc5)cc34)cc2)cc1. The first kappa shape index (κ1) is 55.7. The summed E-state index contributed by atoms with van der Waals surface area (Å²) in [6.07, 6.45) is 0. The quantitative estimate of drug-likeness (QED) is 0.129. The molecule has 98 heavy (non-hydrogen) atoms. The summed E-state index contributed by atoms with van der Waals surface area (Å²) in [6.45, 7) is 0. The minimum absolute atomic E-state index is 0.818. The third-order valence-corrected chi connectivity index (χ3v) is 21.0. The van der Waals surface area contributed by atoms with E-state index in [1.807, 2.05) is 11.3 Å². The van der Waals surface area contributed by atoms with Gasteiger partial charge in [0.2, 0.25) is 0 Å². The third-order valence-electron chi connectivity index (χ3n) is 19.8. The summed E-state index contributed by atoms with van der Waals surface area (Å²) >= 11 is 1.84. The van der Waals surface area contributed by atoms with Crippen molar-refractivity contribution in [3.8, 4) is 55.6 Å². The predicted octanol–water partition coefficient (Wildman–Crippen LogP) is 27.3. The average molecular weight is 1270 g/mol. The monoisotopic (exact) mass is 1270 g/mol. The number of anilines is 6. The number of thiophene rings is 1. The van der Waals surface area contributed by atoms with Gasteiger partial charge < -0.3 is 23.1 Å². The number of furan rings is 3. The topological polar surface area (TPSA) is 45.9 Å². The number of hydrogen-bond donors (Lipinski definition) is 0. The average Bonchev–Trinajstić information content (AvgIpc) is 1.57. The van der Waals surface area contributed by atoms with Crippen molar-refractivity contribution in [1.82, 2.24) is 0 Å². The second kappa shape index (κ2) is 22.5. The van der Waals surface area contributed by atoms with Crippen molar-refractivity contribution in [3.63, 3.8) is 0 Å². The molecular weight excluding hydrogens is 1210 g/mol. The lowest BCUT2D eigenvalue weighted by Crippen LogP contribution is -2.10. The first-order chi connectivity index (χ1) is 48.5. The Bertz CT molecular complexity index is 6560. The van der Waals surface area contributed by atoms with E-state index in [-0.39, 0.29) is 0 Å². The van der Waals surface area contributed by atoms with E-state index in [2.05, 4.69) is 350 Å². The molecular formula is C92H56N2O3S. The molecule has 0 saturated heterocycles. The minimum atomic E-state index is 0.818. The van der Waals surface area contributed by atoms with Gasteiger partial charge >= 0.3 is 0 Å². The number of fused-ring (bicyclic) bond motifs is 16. The van der Waals surface area contributed by atoms with Crippen LogP contribution in [0.4, 0.5) is 34.1 Å². The van der Waals surface area contributed by atoms with Crippen LogP contribution in [0.1, 0.15) is 0 Å². The summed E-state index contributed by atoms with van der Waals surface area (Å²) in [4.78, 5) is 4.73. The van der Waals surface area contributed by atoms with Crippen LogP contribution >= 0.6 is 11.3 Å².